The predicted octanol–water partition coefficient (Wildman–Crippen LogP) is 5.84. The standard InChI is InChI=1S/C42H53N9O5/c1-27(2)36(47-40(53)55-4)39(52)50-17-5-7-34(50)37-43-24-32(45-37)30-12-8-28(9-13-30)29-10-14-31(15-11-29)33-25-44-38(46-33)35-23-42(16-6-22-56-42)26-51(35)41(54)49-20-18-48(3)19-21-49/h8-15,24-25,27,34-36H,5-7,16-23,26H2,1-4H3,(H,43,45)(H,44,46)(H,47,53)/t34-,35-,36-,42-/m0/s1. The molecule has 4 aromatic rings. The van der Waals surface area contributed by atoms with Gasteiger partial charge in [0, 0.05) is 45.8 Å². The third-order valence-corrected chi connectivity index (χ3v) is 12.1. The van der Waals surface area contributed by atoms with Crippen LogP contribution >= 0.6 is 0 Å². The molecule has 0 saturated carbocycles. The summed E-state index contributed by atoms with van der Waals surface area (Å²) >= 11 is 0. The molecule has 0 aliphatic carbocycles. The summed E-state index contributed by atoms with van der Waals surface area (Å²) < 4.78 is 11.0. The first-order valence-electron chi connectivity index (χ1n) is 20.0. The Morgan fingerprint density at radius 3 is 1.96 bits per heavy atom. The summed E-state index contributed by atoms with van der Waals surface area (Å²) in [5.41, 5.74) is 5.69. The van der Waals surface area contributed by atoms with E-state index in [0.717, 1.165) is 110 Å². The highest BCUT2D eigenvalue weighted by Gasteiger charge is 2.51. The molecule has 4 atom stereocenters. The summed E-state index contributed by atoms with van der Waals surface area (Å²) in [6.45, 7) is 9.00. The van der Waals surface area contributed by atoms with Gasteiger partial charge in [0.25, 0.3) is 0 Å². The quantitative estimate of drug-likeness (QED) is 0.203. The van der Waals surface area contributed by atoms with Gasteiger partial charge >= 0.3 is 12.1 Å². The summed E-state index contributed by atoms with van der Waals surface area (Å²) in [4.78, 5) is 64.0. The van der Waals surface area contributed by atoms with Gasteiger partial charge in [-0.15, -0.1) is 0 Å². The molecule has 14 nitrogen and oxygen atoms in total. The van der Waals surface area contributed by atoms with Gasteiger partial charge in [-0.2, -0.15) is 0 Å². The fraction of sp³-hybridized carbons (Fsp3) is 0.500. The summed E-state index contributed by atoms with van der Waals surface area (Å²) in [5.74, 6) is 1.32. The van der Waals surface area contributed by atoms with Crippen LogP contribution in [0.25, 0.3) is 33.6 Å². The van der Waals surface area contributed by atoms with E-state index in [1.165, 1.54) is 7.11 Å². The zero-order valence-electron chi connectivity index (χ0n) is 32.8. The third-order valence-electron chi connectivity index (χ3n) is 12.1. The number of ether oxygens (including phenoxy) is 2. The SMILES string of the molecule is COC(=O)N[C@H](C(=O)N1CCC[C@H]1c1ncc(-c2ccc(-c3ccc(-c4cnc([C@@H]5C[C@@]6(CCCO6)CN5C(=O)N5CCN(C)CC5)[nH]4)cc3)cc2)[nH]1)C(C)C. The van der Waals surface area contributed by atoms with E-state index < -0.39 is 12.1 Å². The monoisotopic (exact) mass is 763 g/mol. The highest BCUT2D eigenvalue weighted by molar-refractivity contribution is 5.86. The van der Waals surface area contributed by atoms with Gasteiger partial charge in [-0.05, 0) is 60.9 Å². The number of hydrogen-bond donors (Lipinski definition) is 3. The Morgan fingerprint density at radius 2 is 1.41 bits per heavy atom. The molecule has 0 radical (unpaired) electrons. The van der Waals surface area contributed by atoms with Gasteiger partial charge in [-0.25, -0.2) is 19.6 Å². The van der Waals surface area contributed by atoms with E-state index in [0.29, 0.717) is 13.1 Å². The van der Waals surface area contributed by atoms with Crippen LogP contribution in [0.1, 0.15) is 69.7 Å². The number of H-pyrrole nitrogens is 2. The molecule has 4 aliphatic rings. The van der Waals surface area contributed by atoms with Crippen molar-refractivity contribution in [2.24, 2.45) is 5.92 Å². The number of likely N-dealkylation sites (N-methyl/N-ethyl adjacent to an activating group) is 1. The molecule has 56 heavy (non-hydrogen) atoms. The number of rotatable bonds is 8. The Kier molecular flexibility index (Phi) is 10.6. The zero-order chi connectivity index (χ0) is 39.0. The van der Waals surface area contributed by atoms with Crippen LogP contribution < -0.4 is 5.32 Å². The van der Waals surface area contributed by atoms with Crippen molar-refractivity contribution in [3.8, 4) is 33.6 Å². The number of carbonyl (C=O) groups is 3. The number of methoxy groups -OCH3 is 1. The molecule has 4 aliphatic heterocycles. The minimum Gasteiger partial charge on any atom is -0.453 e. The van der Waals surface area contributed by atoms with E-state index in [4.69, 9.17) is 19.4 Å². The van der Waals surface area contributed by atoms with Crippen LogP contribution in [0.5, 0.6) is 0 Å². The number of hydrogen-bond acceptors (Lipinski definition) is 8. The first-order valence-corrected chi connectivity index (χ1v) is 20.0. The maximum absolute atomic E-state index is 13.8. The molecule has 2 aromatic heterocycles. The Morgan fingerprint density at radius 1 is 0.821 bits per heavy atom. The van der Waals surface area contributed by atoms with Crippen LogP contribution in [-0.2, 0) is 14.3 Å². The van der Waals surface area contributed by atoms with Crippen LogP contribution in [-0.4, -0.2) is 129 Å². The number of amides is 4. The Bertz CT molecular complexity index is 2010. The first kappa shape index (κ1) is 37.7. The van der Waals surface area contributed by atoms with Crippen LogP contribution in [0.15, 0.2) is 60.9 Å². The van der Waals surface area contributed by atoms with Gasteiger partial charge in [-0.1, -0.05) is 62.4 Å². The fourth-order valence-corrected chi connectivity index (χ4v) is 8.80. The lowest BCUT2D eigenvalue weighted by molar-refractivity contribution is -0.135. The Labute approximate surface area is 327 Å². The summed E-state index contributed by atoms with van der Waals surface area (Å²) in [6.07, 6.45) is 7.47. The first-order chi connectivity index (χ1) is 27.1. The van der Waals surface area contributed by atoms with Gasteiger partial charge in [0.05, 0.1) is 55.1 Å². The molecule has 1 spiro atoms. The molecule has 3 N–H and O–H groups in total. The molecule has 0 unspecified atom stereocenters. The highest BCUT2D eigenvalue weighted by atomic mass is 16.5. The molecule has 4 amide bonds. The van der Waals surface area contributed by atoms with Crippen molar-refractivity contribution in [3.05, 3.63) is 72.6 Å². The Hall–Kier alpha value is -5.21. The van der Waals surface area contributed by atoms with Crippen molar-refractivity contribution in [1.29, 1.82) is 0 Å². The lowest BCUT2D eigenvalue weighted by atomic mass is 9.96. The van der Waals surface area contributed by atoms with Gasteiger partial charge in [-0.3, -0.25) is 4.79 Å². The van der Waals surface area contributed by atoms with Crippen LogP contribution in [0.4, 0.5) is 9.59 Å². The number of nitrogens with one attached hydrogen (secondary N) is 3. The number of likely N-dealkylation sites (tertiary alicyclic amines) is 2. The number of alkyl carbamates (subject to hydrolysis) is 1. The van der Waals surface area contributed by atoms with E-state index in [2.05, 4.69) is 75.8 Å². The second-order valence-electron chi connectivity index (χ2n) is 16.1. The lowest BCUT2D eigenvalue weighted by Gasteiger charge is -2.36. The van der Waals surface area contributed by atoms with Gasteiger partial charge in [0.2, 0.25) is 5.91 Å². The van der Waals surface area contributed by atoms with Crippen molar-refractivity contribution in [2.45, 2.75) is 69.7 Å². The normalized spacial score (nSPS) is 23.3. The molecule has 14 heteroatoms. The summed E-state index contributed by atoms with van der Waals surface area (Å²) in [5, 5.41) is 2.70. The van der Waals surface area contributed by atoms with Crippen LogP contribution in [0.3, 0.4) is 0 Å². The molecular formula is C42H53N9O5. The number of aromatic amines is 2. The largest absolute Gasteiger partial charge is 0.453 e. The highest BCUT2D eigenvalue weighted by Crippen LogP contribution is 2.45. The van der Waals surface area contributed by atoms with E-state index in [1.54, 1.807) is 0 Å². The molecule has 4 fully saturated rings. The molecule has 0 bridgehead atoms. The van der Waals surface area contributed by atoms with E-state index in [9.17, 15) is 14.4 Å². The van der Waals surface area contributed by atoms with Crippen LogP contribution in [0, 0.1) is 5.92 Å². The molecule has 6 heterocycles. The second kappa shape index (κ2) is 15.7. The van der Waals surface area contributed by atoms with Gasteiger partial charge in [0.1, 0.15) is 17.7 Å². The lowest BCUT2D eigenvalue weighted by Crippen LogP contribution is -2.52. The molecular weight excluding hydrogens is 711 g/mol. The maximum atomic E-state index is 13.8. The average molecular weight is 764 g/mol. The van der Waals surface area contributed by atoms with Crippen molar-refractivity contribution >= 4 is 18.0 Å². The van der Waals surface area contributed by atoms with E-state index in [1.807, 2.05) is 40.9 Å². The number of urea groups is 1. The number of benzene rings is 2. The van der Waals surface area contributed by atoms with E-state index in [-0.39, 0.29) is 35.5 Å². The van der Waals surface area contributed by atoms with Crippen molar-refractivity contribution in [2.75, 3.05) is 60.0 Å². The number of piperazine rings is 1. The van der Waals surface area contributed by atoms with E-state index >= 15 is 0 Å². The number of imidazole rings is 2. The smallest absolute Gasteiger partial charge is 0.407 e. The summed E-state index contributed by atoms with van der Waals surface area (Å²) in [7, 11) is 3.40. The predicted molar refractivity (Wildman–Crippen MR) is 211 cm³/mol. The minimum atomic E-state index is -0.678. The van der Waals surface area contributed by atoms with Crippen molar-refractivity contribution in [3.63, 3.8) is 0 Å². The van der Waals surface area contributed by atoms with Gasteiger partial charge < -0.3 is 44.4 Å². The molecule has 296 valence electrons. The third kappa shape index (κ3) is 7.51. The molecule has 8 rings (SSSR count). The number of aromatic nitrogens is 4. The fourth-order valence-electron chi connectivity index (χ4n) is 8.80. The zero-order valence-corrected chi connectivity index (χ0v) is 32.8. The van der Waals surface area contributed by atoms with Crippen LogP contribution in [0.2, 0.25) is 0 Å². The number of carbonyl (C=O) groups excluding carboxylic acids is 3. The average Bonchev–Trinajstić information content (AvgIpc) is 4.07. The Balaban J connectivity index is 0.933. The van der Waals surface area contributed by atoms with Gasteiger partial charge in [0.15, 0.2) is 0 Å². The molecule has 2 aromatic carbocycles. The maximum Gasteiger partial charge on any atom is 0.407 e. The number of nitrogens with zero attached hydrogens (tertiary/aromatic N) is 6. The van der Waals surface area contributed by atoms with Crippen molar-refractivity contribution in [1.82, 2.24) is 44.9 Å². The minimum absolute atomic E-state index is 0.0790. The topological polar surface area (TPSA) is 152 Å². The summed E-state index contributed by atoms with van der Waals surface area (Å²) in [6, 6.07) is 15.8. The van der Waals surface area contributed by atoms with Crippen molar-refractivity contribution < 1.29 is 23.9 Å². The molecule has 4 saturated heterocycles. The second-order valence-corrected chi connectivity index (χ2v) is 16.1.